The van der Waals surface area contributed by atoms with Gasteiger partial charge in [0.05, 0.1) is 5.56 Å². The van der Waals surface area contributed by atoms with Gasteiger partial charge in [0.2, 0.25) is 0 Å². The summed E-state index contributed by atoms with van der Waals surface area (Å²) >= 11 is 0. The van der Waals surface area contributed by atoms with Gasteiger partial charge in [0.15, 0.2) is 0 Å². The zero-order valence-corrected chi connectivity index (χ0v) is 7.70. The molecule has 0 spiro atoms. The Morgan fingerprint density at radius 1 is 1.64 bits per heavy atom. The Morgan fingerprint density at radius 3 is 2.86 bits per heavy atom. The van der Waals surface area contributed by atoms with Crippen LogP contribution in [0.1, 0.15) is 12.5 Å². The van der Waals surface area contributed by atoms with Crippen molar-refractivity contribution in [3.63, 3.8) is 0 Å². The van der Waals surface area contributed by atoms with Crippen molar-refractivity contribution in [3.05, 3.63) is 29.6 Å². The van der Waals surface area contributed by atoms with Crippen molar-refractivity contribution >= 4 is 12.6 Å². The van der Waals surface area contributed by atoms with Gasteiger partial charge in [0.25, 0.3) is 0 Å². The van der Waals surface area contributed by atoms with Crippen LogP contribution >= 0.6 is 0 Å². The van der Waals surface area contributed by atoms with Gasteiger partial charge >= 0.3 is 7.12 Å². The van der Waals surface area contributed by atoms with Crippen molar-refractivity contribution in [2.75, 3.05) is 6.61 Å². The smallest absolute Gasteiger partial charge is 0.423 e. The Bertz CT molecular complexity index is 364. The summed E-state index contributed by atoms with van der Waals surface area (Å²) in [7, 11) is -1.14. The molecule has 3 nitrogen and oxygen atoms in total. The predicted octanol–water partition coefficient (Wildman–Crippen LogP) is 0.421. The highest BCUT2D eigenvalue weighted by Gasteiger charge is 2.17. The second kappa shape index (κ2) is 4.75. The lowest BCUT2D eigenvalue weighted by Gasteiger charge is -2.05. The molecule has 0 aromatic heterocycles. The van der Waals surface area contributed by atoms with Crippen molar-refractivity contribution in [2.24, 2.45) is 0 Å². The fourth-order valence-corrected chi connectivity index (χ4v) is 1.03. The van der Waals surface area contributed by atoms with E-state index >= 15 is 0 Å². The Labute approximate surface area is 81.9 Å². The van der Waals surface area contributed by atoms with E-state index in [1.54, 1.807) is 13.0 Å². The molecule has 0 atom stereocenters. The Hall–Kier alpha value is -1.38. The molecule has 14 heavy (non-hydrogen) atoms. The van der Waals surface area contributed by atoms with Gasteiger partial charge in [-0.3, -0.25) is 0 Å². The maximum absolute atomic E-state index is 13.1. The second-order valence-electron chi connectivity index (χ2n) is 2.66. The molecule has 0 aliphatic heterocycles. The third-order valence-electron chi connectivity index (χ3n) is 1.72. The van der Waals surface area contributed by atoms with Gasteiger partial charge in [-0.05, 0) is 24.5 Å². The van der Waals surface area contributed by atoms with Crippen LogP contribution in [0.25, 0.3) is 0 Å². The second-order valence-corrected chi connectivity index (χ2v) is 2.66. The van der Waals surface area contributed by atoms with Crippen LogP contribution in [0.3, 0.4) is 0 Å². The fourth-order valence-electron chi connectivity index (χ4n) is 1.03. The Kier molecular flexibility index (Phi) is 3.63. The first-order valence-electron chi connectivity index (χ1n) is 4.18. The van der Waals surface area contributed by atoms with E-state index in [2.05, 4.69) is 0 Å². The van der Waals surface area contributed by atoms with Gasteiger partial charge in [0.1, 0.15) is 11.9 Å². The lowest BCUT2D eigenvalue weighted by atomic mass is 9.79. The quantitative estimate of drug-likeness (QED) is 0.707. The van der Waals surface area contributed by atoms with Gasteiger partial charge < -0.3 is 9.68 Å². The number of hydrogen-bond donors (Lipinski definition) is 1. The fraction of sp³-hybridized carbons (Fsp3) is 0.222. The molecule has 1 N–H and O–H groups in total. The van der Waals surface area contributed by atoms with Crippen molar-refractivity contribution in [1.29, 1.82) is 5.26 Å². The van der Waals surface area contributed by atoms with Crippen LogP contribution < -0.4 is 5.46 Å². The van der Waals surface area contributed by atoms with E-state index in [9.17, 15) is 9.41 Å². The van der Waals surface area contributed by atoms with Crippen molar-refractivity contribution in [2.45, 2.75) is 6.92 Å². The average Bonchev–Trinajstić information content (AvgIpc) is 2.18. The number of benzene rings is 1. The summed E-state index contributed by atoms with van der Waals surface area (Å²) in [5.74, 6) is -0.649. The van der Waals surface area contributed by atoms with E-state index < -0.39 is 12.9 Å². The lowest BCUT2D eigenvalue weighted by molar-refractivity contribution is 0.287. The van der Waals surface area contributed by atoms with Crippen LogP contribution in [0.2, 0.25) is 0 Å². The standard InChI is InChI=1S/C9H9BFNO2/c1-2-14-10(13)8-4-3-7(6-12)9(11)5-8/h3-5,13H,2H2,1H3. The minimum atomic E-state index is -1.14. The van der Waals surface area contributed by atoms with Crippen molar-refractivity contribution in [1.82, 2.24) is 0 Å². The molecule has 1 aromatic rings. The first-order chi connectivity index (χ1) is 6.69. The summed E-state index contributed by atoms with van der Waals surface area (Å²) in [4.78, 5) is 0. The van der Waals surface area contributed by atoms with Gasteiger partial charge in [-0.25, -0.2) is 4.39 Å². The zero-order chi connectivity index (χ0) is 10.6. The molecular weight excluding hydrogens is 184 g/mol. The lowest BCUT2D eigenvalue weighted by Crippen LogP contribution is -2.33. The molecule has 0 fully saturated rings. The van der Waals surface area contributed by atoms with Crippen LogP contribution in [0.5, 0.6) is 0 Å². The van der Waals surface area contributed by atoms with Crippen LogP contribution in [0.15, 0.2) is 18.2 Å². The Morgan fingerprint density at radius 2 is 2.36 bits per heavy atom. The summed E-state index contributed by atoms with van der Waals surface area (Å²) in [6.07, 6.45) is 0. The third-order valence-corrected chi connectivity index (χ3v) is 1.72. The topological polar surface area (TPSA) is 53.2 Å². The molecule has 1 rings (SSSR count). The number of nitrogens with zero attached hydrogens (tertiary/aromatic N) is 1. The van der Waals surface area contributed by atoms with E-state index in [1.165, 1.54) is 12.1 Å². The summed E-state index contributed by atoms with van der Waals surface area (Å²) in [6.45, 7) is 2.06. The van der Waals surface area contributed by atoms with Crippen LogP contribution in [-0.2, 0) is 4.65 Å². The summed E-state index contributed by atoms with van der Waals surface area (Å²) in [5, 5.41) is 17.8. The molecule has 0 unspecified atom stereocenters. The average molecular weight is 193 g/mol. The predicted molar refractivity (Wildman–Crippen MR) is 50.3 cm³/mol. The van der Waals surface area contributed by atoms with Gasteiger partial charge in [0, 0.05) is 6.61 Å². The summed E-state index contributed by atoms with van der Waals surface area (Å²) in [6, 6.07) is 5.56. The number of nitriles is 1. The number of hydrogen-bond acceptors (Lipinski definition) is 3. The van der Waals surface area contributed by atoms with E-state index in [4.69, 9.17) is 9.92 Å². The highest BCUT2D eigenvalue weighted by Crippen LogP contribution is 2.03. The maximum atomic E-state index is 13.1. The molecule has 72 valence electrons. The summed E-state index contributed by atoms with van der Waals surface area (Å²) < 4.78 is 17.9. The van der Waals surface area contributed by atoms with Crippen LogP contribution in [0.4, 0.5) is 4.39 Å². The largest absolute Gasteiger partial charge is 0.491 e. The normalized spacial score (nSPS) is 9.57. The van der Waals surface area contributed by atoms with E-state index in [1.807, 2.05) is 0 Å². The highest BCUT2D eigenvalue weighted by molar-refractivity contribution is 6.59. The summed E-state index contributed by atoms with van der Waals surface area (Å²) in [5.41, 5.74) is 0.265. The maximum Gasteiger partial charge on any atom is 0.491 e. The molecule has 0 saturated heterocycles. The molecule has 0 aliphatic carbocycles. The minimum absolute atomic E-state index is 0.0440. The molecule has 1 aromatic carbocycles. The van der Waals surface area contributed by atoms with E-state index in [-0.39, 0.29) is 5.56 Å². The first kappa shape index (κ1) is 10.7. The Balaban J connectivity index is 2.92. The minimum Gasteiger partial charge on any atom is -0.423 e. The number of halogens is 1. The molecule has 5 heteroatoms. The monoisotopic (exact) mass is 193 g/mol. The third kappa shape index (κ3) is 2.31. The van der Waals surface area contributed by atoms with E-state index in [0.717, 1.165) is 6.07 Å². The van der Waals surface area contributed by atoms with Crippen molar-refractivity contribution < 1.29 is 14.1 Å². The van der Waals surface area contributed by atoms with Gasteiger partial charge in [-0.1, -0.05) is 6.07 Å². The highest BCUT2D eigenvalue weighted by atomic mass is 19.1. The number of rotatable bonds is 3. The first-order valence-corrected chi connectivity index (χ1v) is 4.18. The van der Waals surface area contributed by atoms with Crippen LogP contribution in [-0.4, -0.2) is 18.7 Å². The van der Waals surface area contributed by atoms with E-state index in [0.29, 0.717) is 12.1 Å². The van der Waals surface area contributed by atoms with Gasteiger partial charge in [-0.15, -0.1) is 0 Å². The molecule has 0 amide bonds. The molecule has 0 radical (unpaired) electrons. The molecule has 0 heterocycles. The van der Waals surface area contributed by atoms with Gasteiger partial charge in [-0.2, -0.15) is 5.26 Å². The molecule has 0 saturated carbocycles. The molecular formula is C9H9BFNO2. The van der Waals surface area contributed by atoms with Crippen LogP contribution in [0, 0.1) is 17.1 Å². The molecule has 0 aliphatic rings. The molecule has 0 bridgehead atoms. The van der Waals surface area contributed by atoms with Crippen molar-refractivity contribution in [3.8, 4) is 6.07 Å². The zero-order valence-electron chi connectivity index (χ0n) is 7.70. The SMILES string of the molecule is CCOB(O)c1ccc(C#N)c(F)c1.